The number of hydrogen-bond donors (Lipinski definition) is 0. The summed E-state index contributed by atoms with van der Waals surface area (Å²) in [4.78, 5) is 25.9. The van der Waals surface area contributed by atoms with E-state index >= 15 is 0 Å². The van der Waals surface area contributed by atoms with E-state index in [-0.39, 0.29) is 24.6 Å². The quantitative estimate of drug-likeness (QED) is 0.749. The van der Waals surface area contributed by atoms with Gasteiger partial charge in [-0.25, -0.2) is 9.59 Å². The van der Waals surface area contributed by atoms with Crippen molar-refractivity contribution in [3.8, 4) is 11.1 Å². The summed E-state index contributed by atoms with van der Waals surface area (Å²) < 4.78 is 15.1. The Kier molecular flexibility index (Phi) is 5.78. The third-order valence-electron chi connectivity index (χ3n) is 4.17. The minimum atomic E-state index is -0.629. The van der Waals surface area contributed by atoms with E-state index in [4.69, 9.17) is 25.8 Å². The maximum atomic E-state index is 12.3. The molecule has 0 aromatic heterocycles. The zero-order chi connectivity index (χ0) is 19.4. The summed E-state index contributed by atoms with van der Waals surface area (Å²) in [5.74, 6) is -1.26. The van der Waals surface area contributed by atoms with Crippen LogP contribution in [-0.4, -0.2) is 39.5 Å². The number of halogens is 1. The summed E-state index contributed by atoms with van der Waals surface area (Å²) in [7, 11) is 2.52. The number of ether oxygens (including phenoxy) is 3. The van der Waals surface area contributed by atoms with E-state index in [1.165, 1.54) is 14.2 Å². The van der Waals surface area contributed by atoms with Gasteiger partial charge in [-0.05, 0) is 35.4 Å². The average Bonchev–Trinajstić information content (AvgIpc) is 2.72. The van der Waals surface area contributed by atoms with Crippen LogP contribution in [0.1, 0.15) is 0 Å². The minimum absolute atomic E-state index is 0.0196. The van der Waals surface area contributed by atoms with Crippen LogP contribution in [0, 0.1) is 0 Å². The second-order valence-corrected chi connectivity index (χ2v) is 6.21. The first-order valence-corrected chi connectivity index (χ1v) is 8.54. The van der Waals surface area contributed by atoms with E-state index in [0.29, 0.717) is 10.7 Å². The molecular formula is C20H18ClNO5. The SMILES string of the molecule is COC(=O)C1=C(C(=O)OC)N(c2ccc(-c3cccc(Cl)c3)cc2)COC1. The van der Waals surface area contributed by atoms with Crippen molar-refractivity contribution in [2.45, 2.75) is 0 Å². The highest BCUT2D eigenvalue weighted by atomic mass is 35.5. The number of methoxy groups -OCH3 is 2. The number of anilines is 1. The first kappa shape index (κ1) is 18.9. The Morgan fingerprint density at radius 1 is 1.00 bits per heavy atom. The molecule has 2 aromatic rings. The highest BCUT2D eigenvalue weighted by Gasteiger charge is 2.32. The topological polar surface area (TPSA) is 65.1 Å². The molecule has 0 atom stereocenters. The summed E-state index contributed by atoms with van der Waals surface area (Å²) in [5, 5.41) is 0.652. The molecule has 0 amide bonds. The predicted octanol–water partition coefficient (Wildman–Crippen LogP) is 3.40. The summed E-state index contributed by atoms with van der Waals surface area (Å²) in [6.45, 7) is 0.0929. The van der Waals surface area contributed by atoms with Crippen molar-refractivity contribution >= 4 is 29.2 Å². The van der Waals surface area contributed by atoms with E-state index in [0.717, 1.165) is 11.1 Å². The number of benzene rings is 2. The molecule has 1 aliphatic heterocycles. The van der Waals surface area contributed by atoms with Crippen LogP contribution in [0.4, 0.5) is 5.69 Å². The van der Waals surface area contributed by atoms with Crippen LogP contribution in [0.3, 0.4) is 0 Å². The number of carbonyl (C=O) groups excluding carboxylic acids is 2. The Hall–Kier alpha value is -2.83. The molecule has 0 N–H and O–H groups in total. The molecule has 1 heterocycles. The molecule has 7 heteroatoms. The summed E-state index contributed by atoms with van der Waals surface area (Å²) in [5.41, 5.74) is 2.86. The number of esters is 2. The van der Waals surface area contributed by atoms with Crippen molar-refractivity contribution in [3.63, 3.8) is 0 Å². The van der Waals surface area contributed by atoms with Crippen LogP contribution >= 0.6 is 11.6 Å². The van der Waals surface area contributed by atoms with Crippen LogP contribution in [0.15, 0.2) is 59.8 Å². The van der Waals surface area contributed by atoms with Gasteiger partial charge in [0.2, 0.25) is 0 Å². The van der Waals surface area contributed by atoms with Gasteiger partial charge in [-0.1, -0.05) is 35.9 Å². The predicted molar refractivity (Wildman–Crippen MR) is 101 cm³/mol. The van der Waals surface area contributed by atoms with Crippen molar-refractivity contribution in [2.24, 2.45) is 0 Å². The van der Waals surface area contributed by atoms with Crippen molar-refractivity contribution in [3.05, 3.63) is 64.8 Å². The molecule has 0 bridgehead atoms. The van der Waals surface area contributed by atoms with Gasteiger partial charge in [0.1, 0.15) is 12.4 Å². The Labute approximate surface area is 161 Å². The van der Waals surface area contributed by atoms with Crippen molar-refractivity contribution in [1.29, 1.82) is 0 Å². The molecule has 0 aliphatic carbocycles. The Morgan fingerprint density at radius 3 is 2.33 bits per heavy atom. The fourth-order valence-electron chi connectivity index (χ4n) is 2.85. The summed E-state index contributed by atoms with van der Waals surface area (Å²) in [6.07, 6.45) is 0. The molecule has 0 spiro atoms. The molecule has 27 heavy (non-hydrogen) atoms. The highest BCUT2D eigenvalue weighted by molar-refractivity contribution is 6.30. The lowest BCUT2D eigenvalue weighted by atomic mass is 10.0. The summed E-state index contributed by atoms with van der Waals surface area (Å²) >= 11 is 6.05. The maximum absolute atomic E-state index is 12.3. The van der Waals surface area contributed by atoms with Gasteiger partial charge in [0.25, 0.3) is 0 Å². The summed E-state index contributed by atoms with van der Waals surface area (Å²) in [6, 6.07) is 15.0. The molecule has 0 saturated heterocycles. The zero-order valence-corrected chi connectivity index (χ0v) is 15.7. The normalized spacial score (nSPS) is 14.1. The number of carbonyl (C=O) groups is 2. The fourth-order valence-corrected chi connectivity index (χ4v) is 3.04. The third kappa shape index (κ3) is 3.97. The minimum Gasteiger partial charge on any atom is -0.466 e. The lowest BCUT2D eigenvalue weighted by Gasteiger charge is -2.31. The maximum Gasteiger partial charge on any atom is 0.355 e. The molecule has 0 saturated carbocycles. The van der Waals surface area contributed by atoms with E-state index < -0.39 is 11.9 Å². The zero-order valence-electron chi connectivity index (χ0n) is 14.9. The molecule has 2 aromatic carbocycles. The lowest BCUT2D eigenvalue weighted by molar-refractivity contribution is -0.140. The van der Waals surface area contributed by atoms with E-state index in [2.05, 4.69) is 0 Å². The second-order valence-electron chi connectivity index (χ2n) is 5.77. The van der Waals surface area contributed by atoms with Gasteiger partial charge < -0.3 is 19.1 Å². The molecule has 0 fully saturated rings. The van der Waals surface area contributed by atoms with Crippen LogP contribution < -0.4 is 4.90 Å². The van der Waals surface area contributed by atoms with Gasteiger partial charge in [0, 0.05) is 10.7 Å². The molecular weight excluding hydrogens is 370 g/mol. The third-order valence-corrected chi connectivity index (χ3v) is 4.41. The highest BCUT2D eigenvalue weighted by Crippen LogP contribution is 2.29. The van der Waals surface area contributed by atoms with Gasteiger partial charge >= 0.3 is 11.9 Å². The Balaban J connectivity index is 1.98. The van der Waals surface area contributed by atoms with Crippen LogP contribution in [-0.2, 0) is 23.8 Å². The molecule has 0 radical (unpaired) electrons. The van der Waals surface area contributed by atoms with Crippen molar-refractivity contribution < 1.29 is 23.8 Å². The van der Waals surface area contributed by atoms with Crippen molar-refractivity contribution in [2.75, 3.05) is 32.5 Å². The lowest BCUT2D eigenvalue weighted by Crippen LogP contribution is -2.38. The van der Waals surface area contributed by atoms with Gasteiger partial charge in [0.05, 0.1) is 26.4 Å². The van der Waals surface area contributed by atoms with E-state index in [9.17, 15) is 9.59 Å². The van der Waals surface area contributed by atoms with Crippen LogP contribution in [0.2, 0.25) is 5.02 Å². The Morgan fingerprint density at radius 2 is 1.70 bits per heavy atom. The number of nitrogens with zero attached hydrogens (tertiary/aromatic N) is 1. The first-order valence-electron chi connectivity index (χ1n) is 8.16. The number of hydrogen-bond acceptors (Lipinski definition) is 6. The van der Waals surface area contributed by atoms with Gasteiger partial charge in [-0.3, -0.25) is 0 Å². The number of rotatable bonds is 4. The van der Waals surface area contributed by atoms with E-state index in [1.54, 1.807) is 4.90 Å². The average molecular weight is 388 g/mol. The molecule has 1 aliphatic rings. The van der Waals surface area contributed by atoms with Gasteiger partial charge in [0.15, 0.2) is 0 Å². The largest absolute Gasteiger partial charge is 0.466 e. The first-order chi connectivity index (χ1) is 13.0. The molecule has 0 unspecified atom stereocenters. The monoisotopic (exact) mass is 387 g/mol. The fraction of sp³-hybridized carbons (Fsp3) is 0.200. The van der Waals surface area contributed by atoms with Gasteiger partial charge in [-0.15, -0.1) is 0 Å². The van der Waals surface area contributed by atoms with Crippen LogP contribution in [0.5, 0.6) is 0 Å². The molecule has 6 nitrogen and oxygen atoms in total. The molecule has 140 valence electrons. The molecule has 3 rings (SSSR count). The second kappa shape index (κ2) is 8.24. The van der Waals surface area contributed by atoms with Crippen molar-refractivity contribution in [1.82, 2.24) is 0 Å². The Bertz CT molecular complexity index is 892. The standard InChI is InChI=1S/C20H18ClNO5/c1-25-19(23)17-11-27-12-22(18(17)20(24)26-2)16-8-6-13(7-9-16)14-4-3-5-15(21)10-14/h3-10H,11-12H2,1-2H3. The van der Waals surface area contributed by atoms with Gasteiger partial charge in [-0.2, -0.15) is 0 Å². The van der Waals surface area contributed by atoms with Crippen LogP contribution in [0.25, 0.3) is 11.1 Å². The smallest absolute Gasteiger partial charge is 0.355 e. The van der Waals surface area contributed by atoms with E-state index in [1.807, 2.05) is 48.5 Å².